The van der Waals surface area contributed by atoms with Crippen LogP contribution in [-0.2, 0) is 6.42 Å². The highest BCUT2D eigenvalue weighted by Gasteiger charge is 2.22. The lowest BCUT2D eigenvalue weighted by Gasteiger charge is -2.36. The van der Waals surface area contributed by atoms with Gasteiger partial charge >= 0.3 is 0 Å². The maximum atomic E-state index is 9.71. The van der Waals surface area contributed by atoms with Crippen molar-refractivity contribution in [1.29, 1.82) is 0 Å². The Morgan fingerprint density at radius 3 is 2.31 bits per heavy atom. The quantitative estimate of drug-likeness (QED) is 0.406. The molecule has 2 heterocycles. The molecule has 0 spiro atoms. The molecule has 1 aliphatic heterocycles. The minimum Gasteiger partial charge on any atom is -0.495 e. The molecule has 1 fully saturated rings. The van der Waals surface area contributed by atoms with Gasteiger partial charge in [0.1, 0.15) is 5.75 Å². The van der Waals surface area contributed by atoms with Crippen LogP contribution < -0.4 is 25.2 Å². The predicted octanol–water partition coefficient (Wildman–Crippen LogP) is 3.73. The van der Waals surface area contributed by atoms with Gasteiger partial charge in [-0.05, 0) is 37.1 Å². The summed E-state index contributed by atoms with van der Waals surface area (Å²) in [6.07, 6.45) is 0.390. The van der Waals surface area contributed by atoms with E-state index in [1.54, 1.807) is 14.0 Å². The van der Waals surface area contributed by atoms with Crippen LogP contribution in [0.2, 0.25) is 0 Å². The minimum absolute atomic E-state index is 0. The Kier molecular flexibility index (Phi) is 9.33. The number of rotatable bonds is 9. The molecule has 0 bridgehead atoms. The van der Waals surface area contributed by atoms with Crippen molar-refractivity contribution in [3.8, 4) is 5.75 Å². The van der Waals surface area contributed by atoms with Crippen LogP contribution in [0.5, 0.6) is 5.75 Å². The standard InChI is InChI=1S/C25H33N7O2.ClH/c1-4-19-9-5-6-10-20(19)27-24-28-23(26-17-18(2)33)29-25(30-24)32-15-13-31(14-16-32)21-11-7-8-12-22(21)34-3;/h5-12,18,33H,4,13-17H2,1-3H3,(H2,26,27,28,29,30);1H. The molecule has 1 unspecified atom stereocenters. The fourth-order valence-electron chi connectivity index (χ4n) is 3.99. The molecule has 3 aromatic rings. The van der Waals surface area contributed by atoms with E-state index in [-0.39, 0.29) is 12.4 Å². The van der Waals surface area contributed by atoms with Crippen LogP contribution >= 0.6 is 12.4 Å². The molecule has 10 heteroatoms. The molecule has 1 saturated heterocycles. The first-order valence-electron chi connectivity index (χ1n) is 11.7. The molecule has 188 valence electrons. The molecule has 4 rings (SSSR count). The van der Waals surface area contributed by atoms with E-state index >= 15 is 0 Å². The average Bonchev–Trinajstić information content (AvgIpc) is 2.87. The number of aryl methyl sites for hydroxylation is 1. The molecule has 9 nitrogen and oxygen atoms in total. The molecule has 1 atom stereocenters. The first-order chi connectivity index (χ1) is 16.6. The minimum atomic E-state index is -0.512. The number of nitrogens with zero attached hydrogens (tertiary/aromatic N) is 5. The number of hydrogen-bond donors (Lipinski definition) is 3. The zero-order chi connectivity index (χ0) is 23.9. The van der Waals surface area contributed by atoms with E-state index < -0.39 is 6.10 Å². The highest BCUT2D eigenvalue weighted by Crippen LogP contribution is 2.29. The zero-order valence-electron chi connectivity index (χ0n) is 20.4. The normalized spacial score (nSPS) is 14.2. The number of benzene rings is 2. The second-order valence-electron chi connectivity index (χ2n) is 8.29. The summed E-state index contributed by atoms with van der Waals surface area (Å²) in [7, 11) is 1.70. The number of methoxy groups -OCH3 is 1. The van der Waals surface area contributed by atoms with Crippen molar-refractivity contribution in [2.45, 2.75) is 26.4 Å². The smallest absolute Gasteiger partial charge is 0.233 e. The topological polar surface area (TPSA) is 98.7 Å². The van der Waals surface area contributed by atoms with Gasteiger partial charge in [-0.15, -0.1) is 12.4 Å². The average molecular weight is 500 g/mol. The van der Waals surface area contributed by atoms with E-state index in [1.165, 1.54) is 5.56 Å². The number of ether oxygens (including phenoxy) is 1. The molecule has 0 aliphatic carbocycles. The Morgan fingerprint density at radius 1 is 0.943 bits per heavy atom. The highest BCUT2D eigenvalue weighted by atomic mass is 35.5. The molecule has 1 aromatic heterocycles. The van der Waals surface area contributed by atoms with Crippen LogP contribution in [0.4, 0.5) is 29.2 Å². The number of nitrogens with one attached hydrogen (secondary N) is 2. The lowest BCUT2D eigenvalue weighted by Crippen LogP contribution is -2.47. The van der Waals surface area contributed by atoms with Gasteiger partial charge in [0, 0.05) is 38.4 Å². The molecule has 2 aromatic carbocycles. The van der Waals surface area contributed by atoms with Crippen LogP contribution in [0, 0.1) is 0 Å². The molecule has 0 amide bonds. The molecular formula is C25H34ClN7O2. The third-order valence-electron chi connectivity index (χ3n) is 5.81. The predicted molar refractivity (Wildman–Crippen MR) is 144 cm³/mol. The Labute approximate surface area is 213 Å². The first kappa shape index (κ1) is 26.3. The summed E-state index contributed by atoms with van der Waals surface area (Å²) in [5.74, 6) is 2.40. The zero-order valence-corrected chi connectivity index (χ0v) is 21.3. The number of para-hydroxylation sites is 3. The first-order valence-corrected chi connectivity index (χ1v) is 11.7. The van der Waals surface area contributed by atoms with Crippen LogP contribution in [0.3, 0.4) is 0 Å². The largest absolute Gasteiger partial charge is 0.495 e. The second kappa shape index (κ2) is 12.4. The number of aliphatic hydroxyl groups is 1. The maximum absolute atomic E-state index is 9.71. The highest BCUT2D eigenvalue weighted by molar-refractivity contribution is 5.85. The van der Waals surface area contributed by atoms with E-state index in [1.807, 2.05) is 36.4 Å². The third kappa shape index (κ3) is 6.64. The lowest BCUT2D eigenvalue weighted by atomic mass is 10.1. The molecule has 0 radical (unpaired) electrons. The Hall–Kier alpha value is -3.30. The third-order valence-corrected chi connectivity index (χ3v) is 5.81. The van der Waals surface area contributed by atoms with E-state index in [0.29, 0.717) is 24.4 Å². The second-order valence-corrected chi connectivity index (χ2v) is 8.29. The van der Waals surface area contributed by atoms with Crippen LogP contribution in [0.25, 0.3) is 0 Å². The SMILES string of the molecule is CCc1ccccc1Nc1nc(NCC(C)O)nc(N2CCN(c3ccccc3OC)CC2)n1.Cl. The van der Waals surface area contributed by atoms with E-state index in [9.17, 15) is 5.11 Å². The van der Waals surface area contributed by atoms with Gasteiger partial charge in [0.25, 0.3) is 0 Å². The van der Waals surface area contributed by atoms with Gasteiger partial charge in [-0.1, -0.05) is 37.3 Å². The van der Waals surface area contributed by atoms with Gasteiger partial charge in [0.15, 0.2) is 0 Å². The van der Waals surface area contributed by atoms with Gasteiger partial charge in [-0.3, -0.25) is 0 Å². The number of hydrogen-bond acceptors (Lipinski definition) is 9. The van der Waals surface area contributed by atoms with Crippen molar-refractivity contribution < 1.29 is 9.84 Å². The number of aromatic nitrogens is 3. The summed E-state index contributed by atoms with van der Waals surface area (Å²) in [6, 6.07) is 16.2. The summed E-state index contributed by atoms with van der Waals surface area (Å²) < 4.78 is 5.54. The van der Waals surface area contributed by atoms with E-state index in [0.717, 1.165) is 49.7 Å². The van der Waals surface area contributed by atoms with Crippen molar-refractivity contribution in [3.05, 3.63) is 54.1 Å². The van der Waals surface area contributed by atoms with Gasteiger partial charge in [-0.2, -0.15) is 15.0 Å². The number of aliphatic hydroxyl groups excluding tert-OH is 1. The van der Waals surface area contributed by atoms with Crippen molar-refractivity contribution in [2.24, 2.45) is 0 Å². The lowest BCUT2D eigenvalue weighted by molar-refractivity contribution is 0.208. The Balaban J connectivity index is 0.00000342. The molecule has 0 saturated carbocycles. The Bertz CT molecular complexity index is 1090. The number of piperazine rings is 1. The summed E-state index contributed by atoms with van der Waals surface area (Å²) in [5.41, 5.74) is 3.26. The summed E-state index contributed by atoms with van der Waals surface area (Å²) in [5, 5.41) is 16.2. The van der Waals surface area contributed by atoms with Crippen LogP contribution in [0.1, 0.15) is 19.4 Å². The van der Waals surface area contributed by atoms with Gasteiger partial charge in [-0.25, -0.2) is 0 Å². The van der Waals surface area contributed by atoms with Crippen molar-refractivity contribution in [1.82, 2.24) is 15.0 Å². The maximum Gasteiger partial charge on any atom is 0.233 e. The molecule has 35 heavy (non-hydrogen) atoms. The van der Waals surface area contributed by atoms with Crippen LogP contribution in [0.15, 0.2) is 48.5 Å². The van der Waals surface area contributed by atoms with Crippen LogP contribution in [-0.4, -0.2) is 66.0 Å². The van der Waals surface area contributed by atoms with Crippen molar-refractivity contribution in [3.63, 3.8) is 0 Å². The fraction of sp³-hybridized carbons (Fsp3) is 0.400. The fourth-order valence-corrected chi connectivity index (χ4v) is 3.99. The van der Waals surface area contributed by atoms with E-state index in [2.05, 4.69) is 49.5 Å². The summed E-state index contributed by atoms with van der Waals surface area (Å²) in [6.45, 7) is 7.38. The Morgan fingerprint density at radius 2 is 1.60 bits per heavy atom. The number of anilines is 5. The molecule has 1 aliphatic rings. The molecule has 3 N–H and O–H groups in total. The summed E-state index contributed by atoms with van der Waals surface area (Å²) >= 11 is 0. The van der Waals surface area contributed by atoms with Crippen molar-refractivity contribution >= 4 is 41.6 Å². The monoisotopic (exact) mass is 499 g/mol. The van der Waals surface area contributed by atoms with Gasteiger partial charge in [0.05, 0.1) is 18.9 Å². The van der Waals surface area contributed by atoms with Crippen molar-refractivity contribution in [2.75, 3.05) is 60.3 Å². The van der Waals surface area contributed by atoms with Gasteiger partial charge < -0.3 is 30.3 Å². The summed E-state index contributed by atoms with van der Waals surface area (Å²) in [4.78, 5) is 18.4. The number of halogens is 1. The van der Waals surface area contributed by atoms with Gasteiger partial charge in [0.2, 0.25) is 17.8 Å². The van der Waals surface area contributed by atoms with E-state index in [4.69, 9.17) is 9.72 Å². The molecular weight excluding hydrogens is 466 g/mol.